The van der Waals surface area contributed by atoms with Crippen LogP contribution in [-0.2, 0) is 0 Å². The van der Waals surface area contributed by atoms with Gasteiger partial charge < -0.3 is 10.4 Å². The number of hydrogen-bond acceptors (Lipinski definition) is 2. The van der Waals surface area contributed by atoms with Gasteiger partial charge in [-0.05, 0) is 49.9 Å². The summed E-state index contributed by atoms with van der Waals surface area (Å²) in [4.78, 5) is 10.9. The lowest BCUT2D eigenvalue weighted by atomic mass is 10.00. The third-order valence-corrected chi connectivity index (χ3v) is 3.33. The first-order chi connectivity index (χ1) is 8.43. The first kappa shape index (κ1) is 14.6. The van der Waals surface area contributed by atoms with E-state index in [4.69, 9.17) is 5.11 Å². The molecule has 0 heterocycles. The van der Waals surface area contributed by atoms with Crippen molar-refractivity contribution in [3.8, 4) is 0 Å². The molecule has 2 unspecified atom stereocenters. The van der Waals surface area contributed by atoms with Gasteiger partial charge in [0.25, 0.3) is 0 Å². The summed E-state index contributed by atoms with van der Waals surface area (Å²) >= 11 is 0. The Hall–Kier alpha value is -1.51. The van der Waals surface area contributed by atoms with Crippen molar-refractivity contribution in [1.29, 1.82) is 0 Å². The van der Waals surface area contributed by atoms with Crippen LogP contribution in [0.5, 0.6) is 0 Å². The van der Waals surface area contributed by atoms with E-state index >= 15 is 0 Å². The number of anilines is 1. The summed E-state index contributed by atoms with van der Waals surface area (Å²) in [5.41, 5.74) is 2.34. The van der Waals surface area contributed by atoms with E-state index in [1.54, 1.807) is 12.1 Å². The molecule has 3 nitrogen and oxygen atoms in total. The maximum Gasteiger partial charge on any atom is 0.335 e. The summed E-state index contributed by atoms with van der Waals surface area (Å²) in [6.45, 7) is 8.55. The Morgan fingerprint density at radius 3 is 2.56 bits per heavy atom. The van der Waals surface area contributed by atoms with E-state index in [2.05, 4.69) is 26.1 Å². The van der Waals surface area contributed by atoms with Crippen LogP contribution in [0.15, 0.2) is 18.2 Å². The summed E-state index contributed by atoms with van der Waals surface area (Å²) in [6.07, 6.45) is 2.31. The zero-order chi connectivity index (χ0) is 13.7. The Bertz CT molecular complexity index is 415. The van der Waals surface area contributed by atoms with Gasteiger partial charge in [0.15, 0.2) is 0 Å². The third kappa shape index (κ3) is 4.06. The van der Waals surface area contributed by atoms with Gasteiger partial charge in [0.2, 0.25) is 0 Å². The molecule has 0 saturated carbocycles. The number of carboxylic acids is 1. The minimum Gasteiger partial charge on any atom is -0.478 e. The number of carboxylic acid groups (broad SMARTS) is 1. The first-order valence-corrected chi connectivity index (χ1v) is 6.54. The summed E-state index contributed by atoms with van der Waals surface area (Å²) < 4.78 is 0. The van der Waals surface area contributed by atoms with Crippen LogP contribution in [0.2, 0.25) is 0 Å². The molecule has 0 bridgehead atoms. The quantitative estimate of drug-likeness (QED) is 0.803. The Balaban J connectivity index is 2.70. The second kappa shape index (κ2) is 6.43. The number of hydrogen-bond donors (Lipinski definition) is 2. The van der Waals surface area contributed by atoms with Crippen molar-refractivity contribution in [3.05, 3.63) is 29.3 Å². The van der Waals surface area contributed by atoms with E-state index in [0.717, 1.165) is 17.7 Å². The van der Waals surface area contributed by atoms with Crippen LogP contribution in [-0.4, -0.2) is 17.1 Å². The number of nitrogens with one attached hydrogen (secondary N) is 1. The smallest absolute Gasteiger partial charge is 0.335 e. The predicted octanol–water partition coefficient (Wildman–Crippen LogP) is 3.93. The molecular weight excluding hydrogens is 226 g/mol. The van der Waals surface area contributed by atoms with Gasteiger partial charge in [0.05, 0.1) is 5.56 Å². The van der Waals surface area contributed by atoms with E-state index in [0.29, 0.717) is 17.5 Å². The lowest BCUT2D eigenvalue weighted by molar-refractivity contribution is 0.0697. The number of benzene rings is 1. The molecule has 0 aliphatic rings. The lowest BCUT2D eigenvalue weighted by Crippen LogP contribution is -2.19. The molecule has 0 amide bonds. The molecule has 18 heavy (non-hydrogen) atoms. The normalized spacial score (nSPS) is 14.0. The van der Waals surface area contributed by atoms with Gasteiger partial charge in [-0.3, -0.25) is 0 Å². The Kier molecular flexibility index (Phi) is 5.20. The van der Waals surface area contributed by atoms with Gasteiger partial charge >= 0.3 is 5.97 Å². The molecule has 3 heteroatoms. The third-order valence-electron chi connectivity index (χ3n) is 3.33. The van der Waals surface area contributed by atoms with Crippen LogP contribution in [0.3, 0.4) is 0 Å². The van der Waals surface area contributed by atoms with E-state index in [-0.39, 0.29) is 0 Å². The lowest BCUT2D eigenvalue weighted by Gasteiger charge is -2.20. The molecule has 1 aromatic carbocycles. The van der Waals surface area contributed by atoms with Crippen LogP contribution in [0.25, 0.3) is 0 Å². The van der Waals surface area contributed by atoms with Gasteiger partial charge in [-0.2, -0.15) is 0 Å². The molecule has 0 spiro atoms. The van der Waals surface area contributed by atoms with Crippen molar-refractivity contribution < 1.29 is 9.90 Å². The van der Waals surface area contributed by atoms with Crippen LogP contribution in [0.4, 0.5) is 5.69 Å². The second-order valence-electron chi connectivity index (χ2n) is 5.13. The zero-order valence-electron chi connectivity index (χ0n) is 11.7. The molecule has 0 radical (unpaired) electrons. The van der Waals surface area contributed by atoms with Crippen molar-refractivity contribution in [1.82, 2.24) is 0 Å². The molecule has 0 saturated heterocycles. The molecule has 0 aliphatic heterocycles. The molecule has 0 aromatic heterocycles. The standard InChI is InChI=1S/C15H23NO2/c1-5-10(2)8-12(4)16-14-7-6-13(15(17)18)9-11(14)3/h6-7,9-10,12,16H,5,8H2,1-4H3,(H,17,18). The Morgan fingerprint density at radius 1 is 1.39 bits per heavy atom. The van der Waals surface area contributed by atoms with Gasteiger partial charge in [-0.25, -0.2) is 4.79 Å². The second-order valence-corrected chi connectivity index (χ2v) is 5.13. The Morgan fingerprint density at radius 2 is 2.06 bits per heavy atom. The first-order valence-electron chi connectivity index (χ1n) is 6.54. The molecule has 1 aromatic rings. The highest BCUT2D eigenvalue weighted by molar-refractivity contribution is 5.88. The van der Waals surface area contributed by atoms with E-state index < -0.39 is 5.97 Å². The monoisotopic (exact) mass is 249 g/mol. The molecule has 100 valence electrons. The fourth-order valence-corrected chi connectivity index (χ4v) is 2.05. The molecule has 2 N–H and O–H groups in total. The summed E-state index contributed by atoms with van der Waals surface area (Å²) in [7, 11) is 0. The molecule has 1 rings (SSSR count). The largest absolute Gasteiger partial charge is 0.478 e. The van der Waals surface area contributed by atoms with Crippen molar-refractivity contribution in [3.63, 3.8) is 0 Å². The summed E-state index contributed by atoms with van der Waals surface area (Å²) in [5, 5.41) is 12.4. The Labute approximate surface area is 109 Å². The number of rotatable bonds is 6. The van der Waals surface area contributed by atoms with E-state index in [1.807, 2.05) is 13.0 Å². The van der Waals surface area contributed by atoms with Crippen molar-refractivity contribution in [2.45, 2.75) is 46.6 Å². The zero-order valence-corrected chi connectivity index (χ0v) is 11.7. The highest BCUT2D eigenvalue weighted by Gasteiger charge is 2.10. The molecule has 2 atom stereocenters. The number of aryl methyl sites for hydroxylation is 1. The van der Waals surface area contributed by atoms with Crippen LogP contribution in [0.1, 0.15) is 49.5 Å². The maximum atomic E-state index is 10.9. The van der Waals surface area contributed by atoms with Crippen LogP contribution >= 0.6 is 0 Å². The number of carbonyl (C=O) groups is 1. The highest BCUT2D eigenvalue weighted by atomic mass is 16.4. The van der Waals surface area contributed by atoms with Gasteiger partial charge in [0, 0.05) is 11.7 Å². The summed E-state index contributed by atoms with van der Waals surface area (Å²) in [6, 6.07) is 5.61. The van der Waals surface area contributed by atoms with Gasteiger partial charge in [-0.1, -0.05) is 20.3 Å². The topological polar surface area (TPSA) is 49.3 Å². The number of aromatic carboxylic acids is 1. The van der Waals surface area contributed by atoms with Crippen LogP contribution < -0.4 is 5.32 Å². The average molecular weight is 249 g/mol. The molecular formula is C15H23NO2. The SMILES string of the molecule is CCC(C)CC(C)Nc1ccc(C(=O)O)cc1C. The predicted molar refractivity (Wildman–Crippen MR) is 75.3 cm³/mol. The van der Waals surface area contributed by atoms with E-state index in [9.17, 15) is 4.79 Å². The van der Waals surface area contributed by atoms with Gasteiger partial charge in [-0.15, -0.1) is 0 Å². The van der Waals surface area contributed by atoms with Crippen LogP contribution in [0, 0.1) is 12.8 Å². The average Bonchev–Trinajstić information content (AvgIpc) is 2.31. The van der Waals surface area contributed by atoms with E-state index in [1.165, 1.54) is 6.42 Å². The van der Waals surface area contributed by atoms with Crippen molar-refractivity contribution >= 4 is 11.7 Å². The van der Waals surface area contributed by atoms with Crippen molar-refractivity contribution in [2.75, 3.05) is 5.32 Å². The minimum absolute atomic E-state index is 0.340. The minimum atomic E-state index is -0.877. The molecule has 0 fully saturated rings. The molecule has 0 aliphatic carbocycles. The maximum absolute atomic E-state index is 10.9. The van der Waals surface area contributed by atoms with Crippen molar-refractivity contribution in [2.24, 2.45) is 5.92 Å². The fraction of sp³-hybridized carbons (Fsp3) is 0.533. The fourth-order valence-electron chi connectivity index (χ4n) is 2.05. The summed E-state index contributed by atoms with van der Waals surface area (Å²) in [5.74, 6) is -0.177. The van der Waals surface area contributed by atoms with Gasteiger partial charge in [0.1, 0.15) is 0 Å². The highest BCUT2D eigenvalue weighted by Crippen LogP contribution is 2.20.